The van der Waals surface area contributed by atoms with Crippen LogP contribution in [-0.2, 0) is 11.3 Å². The van der Waals surface area contributed by atoms with Crippen LogP contribution in [0.5, 0.6) is 11.5 Å². The predicted octanol–water partition coefficient (Wildman–Crippen LogP) is 3.25. The first kappa shape index (κ1) is 21.6. The van der Waals surface area contributed by atoms with Gasteiger partial charge < -0.3 is 14.4 Å². The van der Waals surface area contributed by atoms with Crippen molar-refractivity contribution in [3.05, 3.63) is 78.1 Å². The average Bonchev–Trinajstić information content (AvgIpc) is 3.32. The Labute approximate surface area is 188 Å². The zero-order chi connectivity index (χ0) is 22.3. The van der Waals surface area contributed by atoms with Gasteiger partial charge in [-0.15, -0.1) is 0 Å². The minimum atomic E-state index is 0.0308. The fourth-order valence-electron chi connectivity index (χ4n) is 3.78. The highest BCUT2D eigenvalue weighted by molar-refractivity contribution is 5.91. The fourth-order valence-corrected chi connectivity index (χ4v) is 3.78. The van der Waals surface area contributed by atoms with E-state index in [1.807, 2.05) is 59.6 Å². The zero-order valence-corrected chi connectivity index (χ0v) is 18.5. The molecule has 32 heavy (non-hydrogen) atoms. The number of piperazine rings is 1. The quantitative estimate of drug-likeness (QED) is 0.537. The normalized spacial score (nSPS) is 14.6. The molecular formula is C25H28N4O3. The average molecular weight is 433 g/mol. The van der Waals surface area contributed by atoms with Crippen LogP contribution >= 0.6 is 0 Å². The van der Waals surface area contributed by atoms with Gasteiger partial charge in [0.2, 0.25) is 5.91 Å². The summed E-state index contributed by atoms with van der Waals surface area (Å²) >= 11 is 0. The first-order valence-electron chi connectivity index (χ1n) is 10.7. The number of hydrogen-bond donors (Lipinski definition) is 0. The van der Waals surface area contributed by atoms with Crippen molar-refractivity contribution in [2.75, 3.05) is 40.4 Å². The first-order chi connectivity index (χ1) is 15.7. The molecule has 4 rings (SSSR count). The topological polar surface area (TPSA) is 59.8 Å². The van der Waals surface area contributed by atoms with Crippen LogP contribution in [0.4, 0.5) is 0 Å². The van der Waals surface area contributed by atoms with Gasteiger partial charge in [-0.2, -0.15) is 5.10 Å². The molecule has 2 heterocycles. The molecule has 0 spiro atoms. The lowest BCUT2D eigenvalue weighted by atomic mass is 10.1. The Morgan fingerprint density at radius 3 is 2.47 bits per heavy atom. The first-order valence-corrected chi connectivity index (χ1v) is 10.7. The summed E-state index contributed by atoms with van der Waals surface area (Å²) in [6.45, 7) is 3.90. The lowest BCUT2D eigenvalue weighted by molar-refractivity contribution is -0.127. The highest BCUT2D eigenvalue weighted by atomic mass is 16.5. The van der Waals surface area contributed by atoms with Gasteiger partial charge in [0.05, 0.1) is 26.1 Å². The molecule has 1 aromatic heterocycles. The number of nitrogens with zero attached hydrogens (tertiary/aromatic N) is 4. The number of rotatable bonds is 7. The van der Waals surface area contributed by atoms with E-state index in [-0.39, 0.29) is 5.91 Å². The second-order valence-electron chi connectivity index (χ2n) is 7.68. The van der Waals surface area contributed by atoms with Gasteiger partial charge in [-0.25, -0.2) is 4.68 Å². The summed E-state index contributed by atoms with van der Waals surface area (Å²) in [5.41, 5.74) is 3.05. The third kappa shape index (κ3) is 5.18. The molecule has 7 nitrogen and oxygen atoms in total. The number of carbonyl (C=O) groups excluding carboxylic acids is 1. The molecule has 1 fully saturated rings. The Balaban J connectivity index is 1.29. The van der Waals surface area contributed by atoms with Gasteiger partial charge in [0, 0.05) is 50.6 Å². The van der Waals surface area contributed by atoms with Gasteiger partial charge in [-0.3, -0.25) is 9.69 Å². The van der Waals surface area contributed by atoms with Gasteiger partial charge in [0.25, 0.3) is 0 Å². The monoisotopic (exact) mass is 432 g/mol. The molecule has 1 aliphatic heterocycles. The molecule has 1 saturated heterocycles. The van der Waals surface area contributed by atoms with Crippen molar-refractivity contribution < 1.29 is 14.3 Å². The number of carbonyl (C=O) groups is 1. The van der Waals surface area contributed by atoms with Crippen molar-refractivity contribution in [3.63, 3.8) is 0 Å². The Morgan fingerprint density at radius 2 is 1.75 bits per heavy atom. The molecule has 0 unspecified atom stereocenters. The van der Waals surface area contributed by atoms with Crippen molar-refractivity contribution in [2.45, 2.75) is 6.54 Å². The number of hydrogen-bond acceptors (Lipinski definition) is 5. The van der Waals surface area contributed by atoms with E-state index >= 15 is 0 Å². The highest BCUT2D eigenvalue weighted by Crippen LogP contribution is 2.28. The van der Waals surface area contributed by atoms with Crippen molar-refractivity contribution >= 4 is 12.0 Å². The minimum Gasteiger partial charge on any atom is -0.493 e. The Morgan fingerprint density at radius 1 is 1.00 bits per heavy atom. The summed E-state index contributed by atoms with van der Waals surface area (Å²) in [4.78, 5) is 16.9. The van der Waals surface area contributed by atoms with E-state index in [0.717, 1.165) is 47.9 Å². The molecule has 0 atom stereocenters. The standard InChI is InChI=1S/C25H28N4O3/c1-31-23-10-8-20(16-24(23)32-2)18-27-12-14-28(15-13-27)25(30)11-9-21-17-26-29(19-21)22-6-4-3-5-7-22/h3-11,16-17,19H,12-15,18H2,1-2H3/b11-9+. The maximum Gasteiger partial charge on any atom is 0.246 e. The van der Waals surface area contributed by atoms with Crippen LogP contribution in [0, 0.1) is 0 Å². The molecule has 0 bridgehead atoms. The van der Waals surface area contributed by atoms with E-state index in [9.17, 15) is 4.79 Å². The number of amides is 1. The molecule has 0 radical (unpaired) electrons. The third-order valence-electron chi connectivity index (χ3n) is 5.58. The Hall–Kier alpha value is -3.58. The van der Waals surface area contributed by atoms with E-state index in [2.05, 4.69) is 16.1 Å². The van der Waals surface area contributed by atoms with Crippen LogP contribution in [0.3, 0.4) is 0 Å². The summed E-state index contributed by atoms with van der Waals surface area (Å²) in [7, 11) is 3.28. The smallest absolute Gasteiger partial charge is 0.246 e. The summed E-state index contributed by atoms with van der Waals surface area (Å²) in [6.07, 6.45) is 7.14. The van der Waals surface area contributed by atoms with Crippen LogP contribution in [-0.4, -0.2) is 65.9 Å². The van der Waals surface area contributed by atoms with E-state index in [1.54, 1.807) is 31.2 Å². The summed E-state index contributed by atoms with van der Waals surface area (Å²) < 4.78 is 12.5. The summed E-state index contributed by atoms with van der Waals surface area (Å²) in [5.74, 6) is 1.50. The predicted molar refractivity (Wildman–Crippen MR) is 124 cm³/mol. The highest BCUT2D eigenvalue weighted by Gasteiger charge is 2.20. The number of methoxy groups -OCH3 is 2. The number of ether oxygens (including phenoxy) is 2. The van der Waals surface area contributed by atoms with Crippen LogP contribution in [0.1, 0.15) is 11.1 Å². The third-order valence-corrected chi connectivity index (χ3v) is 5.58. The molecular weight excluding hydrogens is 404 g/mol. The van der Waals surface area contributed by atoms with Crippen molar-refractivity contribution in [3.8, 4) is 17.2 Å². The van der Waals surface area contributed by atoms with Gasteiger partial charge in [-0.1, -0.05) is 24.3 Å². The van der Waals surface area contributed by atoms with Gasteiger partial charge in [0.15, 0.2) is 11.5 Å². The lowest BCUT2D eigenvalue weighted by Crippen LogP contribution is -2.47. The molecule has 0 N–H and O–H groups in total. The summed E-state index contributed by atoms with van der Waals surface area (Å²) in [5, 5.41) is 4.37. The second kappa shape index (κ2) is 10.2. The largest absolute Gasteiger partial charge is 0.493 e. The van der Waals surface area contributed by atoms with E-state index in [0.29, 0.717) is 13.1 Å². The van der Waals surface area contributed by atoms with Crippen LogP contribution in [0.15, 0.2) is 67.0 Å². The van der Waals surface area contributed by atoms with Crippen molar-refractivity contribution in [1.29, 1.82) is 0 Å². The maximum atomic E-state index is 12.6. The Kier molecular flexibility index (Phi) is 6.87. The maximum absolute atomic E-state index is 12.6. The second-order valence-corrected chi connectivity index (χ2v) is 7.68. The van der Waals surface area contributed by atoms with E-state index in [4.69, 9.17) is 9.47 Å². The number of benzene rings is 2. The van der Waals surface area contributed by atoms with Crippen LogP contribution < -0.4 is 9.47 Å². The minimum absolute atomic E-state index is 0.0308. The Bertz CT molecular complexity index is 1070. The van der Waals surface area contributed by atoms with E-state index < -0.39 is 0 Å². The molecule has 1 amide bonds. The molecule has 3 aromatic rings. The SMILES string of the molecule is COc1ccc(CN2CCN(C(=O)/C=C/c3cnn(-c4ccccc4)c3)CC2)cc1OC. The van der Waals surface area contributed by atoms with Crippen molar-refractivity contribution in [2.24, 2.45) is 0 Å². The van der Waals surface area contributed by atoms with E-state index in [1.165, 1.54) is 0 Å². The van der Waals surface area contributed by atoms with Gasteiger partial charge >= 0.3 is 0 Å². The molecule has 166 valence electrons. The fraction of sp³-hybridized carbons (Fsp3) is 0.280. The number of aromatic nitrogens is 2. The number of para-hydroxylation sites is 1. The molecule has 2 aromatic carbocycles. The van der Waals surface area contributed by atoms with Crippen LogP contribution in [0.2, 0.25) is 0 Å². The molecule has 7 heteroatoms. The van der Waals surface area contributed by atoms with Gasteiger partial charge in [-0.05, 0) is 35.9 Å². The summed E-state index contributed by atoms with van der Waals surface area (Å²) in [6, 6.07) is 15.9. The lowest BCUT2D eigenvalue weighted by Gasteiger charge is -2.34. The van der Waals surface area contributed by atoms with Crippen LogP contribution in [0.25, 0.3) is 11.8 Å². The molecule has 0 saturated carbocycles. The molecule has 0 aliphatic carbocycles. The van der Waals surface area contributed by atoms with Crippen molar-refractivity contribution in [1.82, 2.24) is 19.6 Å². The van der Waals surface area contributed by atoms with Gasteiger partial charge in [0.1, 0.15) is 0 Å². The molecule has 1 aliphatic rings. The zero-order valence-electron chi connectivity index (χ0n) is 18.5.